The number of fused-ring (bicyclic) bond motifs is 1. The fourth-order valence-corrected chi connectivity index (χ4v) is 3.05. The van der Waals surface area contributed by atoms with Crippen LogP contribution in [0.3, 0.4) is 0 Å². The van der Waals surface area contributed by atoms with Crippen molar-refractivity contribution < 1.29 is 9.59 Å². The first-order valence-electron chi connectivity index (χ1n) is 8.85. The minimum atomic E-state index is -0.102. The van der Waals surface area contributed by atoms with Gasteiger partial charge in [-0.2, -0.15) is 0 Å². The molecule has 1 heterocycles. The van der Waals surface area contributed by atoms with Gasteiger partial charge in [-0.05, 0) is 37.6 Å². The van der Waals surface area contributed by atoms with Crippen LogP contribution in [-0.2, 0) is 18.4 Å². The van der Waals surface area contributed by atoms with E-state index in [2.05, 4.69) is 35.0 Å². The third-order valence-corrected chi connectivity index (χ3v) is 4.79. The topological polar surface area (TPSA) is 51.1 Å². The predicted molar refractivity (Wildman–Crippen MR) is 104 cm³/mol. The summed E-state index contributed by atoms with van der Waals surface area (Å²) in [5.74, 6) is -0.101. The van der Waals surface area contributed by atoms with Gasteiger partial charge in [-0.25, -0.2) is 0 Å². The molecule has 0 radical (unpaired) electrons. The van der Waals surface area contributed by atoms with Gasteiger partial charge in [-0.3, -0.25) is 9.59 Å². The van der Waals surface area contributed by atoms with Crippen LogP contribution in [0.2, 0.25) is 0 Å². The Labute approximate surface area is 153 Å². The number of carbonyl (C=O) groups is 2. The molecule has 0 aliphatic carbocycles. The van der Waals surface area contributed by atoms with Crippen LogP contribution in [-0.4, -0.2) is 16.3 Å². The van der Waals surface area contributed by atoms with Gasteiger partial charge in [0.1, 0.15) is 0 Å². The second kappa shape index (κ2) is 7.56. The zero-order valence-electron chi connectivity index (χ0n) is 15.5. The van der Waals surface area contributed by atoms with E-state index in [4.69, 9.17) is 0 Å². The molecule has 3 rings (SSSR count). The van der Waals surface area contributed by atoms with Gasteiger partial charge < -0.3 is 9.88 Å². The lowest BCUT2D eigenvalue weighted by Crippen LogP contribution is -2.23. The number of nitrogens with zero attached hydrogens (tertiary/aromatic N) is 1. The molecule has 4 nitrogen and oxygen atoms in total. The molecule has 1 aromatic heterocycles. The molecule has 0 aliphatic heterocycles. The minimum absolute atomic E-state index is 0.00123. The number of hydrogen-bond donors (Lipinski definition) is 1. The fourth-order valence-electron chi connectivity index (χ4n) is 3.05. The highest BCUT2D eigenvalue weighted by Crippen LogP contribution is 2.19. The molecule has 2 aromatic carbocycles. The van der Waals surface area contributed by atoms with Crippen molar-refractivity contribution in [1.29, 1.82) is 0 Å². The summed E-state index contributed by atoms with van der Waals surface area (Å²) in [5.41, 5.74) is 5.22. The van der Waals surface area contributed by atoms with E-state index < -0.39 is 0 Å². The molecule has 0 saturated heterocycles. The average molecular weight is 348 g/mol. The van der Waals surface area contributed by atoms with Gasteiger partial charge in [0.2, 0.25) is 5.91 Å². The van der Waals surface area contributed by atoms with E-state index in [0.717, 1.165) is 11.1 Å². The number of ketones is 1. The van der Waals surface area contributed by atoms with E-state index in [1.54, 1.807) is 0 Å². The average Bonchev–Trinajstić information content (AvgIpc) is 2.92. The summed E-state index contributed by atoms with van der Waals surface area (Å²) in [5, 5.41) is 4.08. The maximum Gasteiger partial charge on any atom is 0.220 e. The van der Waals surface area contributed by atoms with Crippen molar-refractivity contribution in [2.75, 3.05) is 0 Å². The highest BCUT2D eigenvalue weighted by molar-refractivity contribution is 5.98. The molecule has 1 amide bonds. The molecule has 4 heteroatoms. The maximum atomic E-state index is 12.1. The third-order valence-electron chi connectivity index (χ3n) is 4.79. The monoisotopic (exact) mass is 348 g/mol. The number of nitrogens with one attached hydrogen (secondary N) is 1. The highest BCUT2D eigenvalue weighted by atomic mass is 16.2. The van der Waals surface area contributed by atoms with Crippen LogP contribution in [0.5, 0.6) is 0 Å². The minimum Gasteiger partial charge on any atom is -0.352 e. The number of Topliss-reactive ketones (excluding diaryl/α,β-unsaturated/α-hetero) is 1. The van der Waals surface area contributed by atoms with Crippen LogP contribution in [0.15, 0.2) is 48.5 Å². The van der Waals surface area contributed by atoms with Crippen molar-refractivity contribution in [3.63, 3.8) is 0 Å². The maximum absolute atomic E-state index is 12.1. The Bertz CT molecular complexity index is 952. The summed E-state index contributed by atoms with van der Waals surface area (Å²) in [4.78, 5) is 24.2. The van der Waals surface area contributed by atoms with Crippen LogP contribution in [0.1, 0.15) is 40.0 Å². The quantitative estimate of drug-likeness (QED) is 0.683. The third kappa shape index (κ3) is 4.02. The SMILES string of the molecule is Cc1ccc(C(=O)CCC(=O)NCc2ccc3c(c2)cc(C)n3C)cc1. The summed E-state index contributed by atoms with van der Waals surface area (Å²) in [7, 11) is 2.05. The molecule has 0 atom stereocenters. The summed E-state index contributed by atoms with van der Waals surface area (Å²) in [6, 6.07) is 15.8. The predicted octanol–water partition coefficient (Wildman–Crippen LogP) is 4.07. The molecule has 0 unspecified atom stereocenters. The lowest BCUT2D eigenvalue weighted by atomic mass is 10.0. The lowest BCUT2D eigenvalue weighted by Gasteiger charge is -2.06. The van der Waals surface area contributed by atoms with E-state index >= 15 is 0 Å². The first-order valence-corrected chi connectivity index (χ1v) is 8.85. The van der Waals surface area contributed by atoms with E-state index in [-0.39, 0.29) is 24.5 Å². The van der Waals surface area contributed by atoms with Gasteiger partial charge in [-0.15, -0.1) is 0 Å². The van der Waals surface area contributed by atoms with Crippen LogP contribution in [0.25, 0.3) is 10.9 Å². The van der Waals surface area contributed by atoms with Crippen molar-refractivity contribution in [1.82, 2.24) is 9.88 Å². The number of aromatic nitrogens is 1. The number of aryl methyl sites for hydroxylation is 3. The number of benzene rings is 2. The molecule has 0 aliphatic rings. The smallest absolute Gasteiger partial charge is 0.220 e. The van der Waals surface area contributed by atoms with Crippen molar-refractivity contribution in [2.24, 2.45) is 7.05 Å². The summed E-state index contributed by atoms with van der Waals surface area (Å²) < 4.78 is 2.15. The van der Waals surface area contributed by atoms with Gasteiger partial charge in [0.15, 0.2) is 5.78 Å². The van der Waals surface area contributed by atoms with Gasteiger partial charge in [-0.1, -0.05) is 35.9 Å². The molecule has 0 fully saturated rings. The summed E-state index contributed by atoms with van der Waals surface area (Å²) >= 11 is 0. The summed E-state index contributed by atoms with van der Waals surface area (Å²) in [6.07, 6.45) is 0.436. The Hall–Kier alpha value is -2.88. The molecule has 26 heavy (non-hydrogen) atoms. The Balaban J connectivity index is 1.52. The molecular formula is C22H24N2O2. The highest BCUT2D eigenvalue weighted by Gasteiger charge is 2.10. The standard InChI is InChI=1S/C22H24N2O2/c1-15-4-7-18(8-5-15)21(25)10-11-22(26)23-14-17-6-9-20-19(13-17)12-16(2)24(20)3/h4-9,12-13H,10-11,14H2,1-3H3,(H,23,26). The Morgan fingerprint density at radius 3 is 2.42 bits per heavy atom. The Kier molecular flexibility index (Phi) is 5.21. The second-order valence-corrected chi connectivity index (χ2v) is 6.80. The number of carbonyl (C=O) groups excluding carboxylic acids is 2. The molecule has 1 N–H and O–H groups in total. The van der Waals surface area contributed by atoms with Gasteiger partial charge in [0, 0.05) is 48.6 Å². The van der Waals surface area contributed by atoms with E-state index in [1.807, 2.05) is 44.3 Å². The number of rotatable bonds is 6. The number of amides is 1. The van der Waals surface area contributed by atoms with E-state index in [9.17, 15) is 9.59 Å². The lowest BCUT2D eigenvalue weighted by molar-refractivity contribution is -0.121. The number of hydrogen-bond acceptors (Lipinski definition) is 2. The molecule has 134 valence electrons. The Morgan fingerprint density at radius 1 is 0.962 bits per heavy atom. The second-order valence-electron chi connectivity index (χ2n) is 6.80. The van der Waals surface area contributed by atoms with Crippen LogP contribution >= 0.6 is 0 Å². The van der Waals surface area contributed by atoms with Gasteiger partial charge in [0.05, 0.1) is 0 Å². The van der Waals surface area contributed by atoms with Crippen molar-refractivity contribution in [2.45, 2.75) is 33.2 Å². The fraction of sp³-hybridized carbons (Fsp3) is 0.273. The van der Waals surface area contributed by atoms with Crippen LogP contribution in [0.4, 0.5) is 0 Å². The molecule has 0 bridgehead atoms. The molecule has 0 saturated carbocycles. The largest absolute Gasteiger partial charge is 0.352 e. The van der Waals surface area contributed by atoms with Crippen LogP contribution < -0.4 is 5.32 Å². The normalized spacial score (nSPS) is 10.9. The zero-order valence-corrected chi connectivity index (χ0v) is 15.5. The van der Waals surface area contributed by atoms with Crippen LogP contribution in [0, 0.1) is 13.8 Å². The van der Waals surface area contributed by atoms with Crippen molar-refractivity contribution in [3.05, 3.63) is 70.9 Å². The van der Waals surface area contributed by atoms with Gasteiger partial charge in [0.25, 0.3) is 0 Å². The molecular weight excluding hydrogens is 324 g/mol. The summed E-state index contributed by atoms with van der Waals surface area (Å²) in [6.45, 7) is 4.53. The molecule has 3 aromatic rings. The first kappa shape index (κ1) is 17.9. The zero-order chi connectivity index (χ0) is 18.7. The van der Waals surface area contributed by atoms with Crippen molar-refractivity contribution in [3.8, 4) is 0 Å². The first-order chi connectivity index (χ1) is 12.4. The van der Waals surface area contributed by atoms with E-state index in [0.29, 0.717) is 12.1 Å². The van der Waals surface area contributed by atoms with E-state index in [1.165, 1.54) is 16.6 Å². The molecule has 0 spiro atoms. The van der Waals surface area contributed by atoms with Crippen molar-refractivity contribution >= 4 is 22.6 Å². The Morgan fingerprint density at radius 2 is 1.69 bits per heavy atom. The van der Waals surface area contributed by atoms with Gasteiger partial charge >= 0.3 is 0 Å².